The SMILES string of the molecule is Clc1cnccc1CNc1ccc2c(c1)OCO2. The van der Waals surface area contributed by atoms with Crippen LogP contribution in [0.2, 0.25) is 5.02 Å². The molecule has 4 nitrogen and oxygen atoms in total. The topological polar surface area (TPSA) is 43.4 Å². The Morgan fingerprint density at radius 3 is 3.00 bits per heavy atom. The van der Waals surface area contributed by atoms with Crippen LogP contribution in [-0.4, -0.2) is 11.8 Å². The summed E-state index contributed by atoms with van der Waals surface area (Å²) in [4.78, 5) is 3.95. The Kier molecular flexibility index (Phi) is 2.94. The van der Waals surface area contributed by atoms with Gasteiger partial charge in [-0.15, -0.1) is 0 Å². The van der Waals surface area contributed by atoms with Gasteiger partial charge in [0.1, 0.15) is 0 Å². The molecule has 2 aromatic rings. The quantitative estimate of drug-likeness (QED) is 0.923. The molecule has 0 bridgehead atoms. The number of anilines is 1. The third-order valence-electron chi connectivity index (χ3n) is 2.71. The normalized spacial score (nSPS) is 12.5. The lowest BCUT2D eigenvalue weighted by Gasteiger charge is -2.08. The van der Waals surface area contributed by atoms with E-state index in [1.165, 1.54) is 0 Å². The van der Waals surface area contributed by atoms with Crippen molar-refractivity contribution in [1.82, 2.24) is 4.98 Å². The fourth-order valence-electron chi connectivity index (χ4n) is 1.75. The number of hydrogen-bond acceptors (Lipinski definition) is 4. The number of nitrogens with zero attached hydrogens (tertiary/aromatic N) is 1. The molecule has 0 saturated carbocycles. The predicted octanol–water partition coefficient (Wildman–Crippen LogP) is 3.08. The van der Waals surface area contributed by atoms with Gasteiger partial charge in [0, 0.05) is 30.7 Å². The van der Waals surface area contributed by atoms with Gasteiger partial charge in [0.25, 0.3) is 0 Å². The van der Waals surface area contributed by atoms with E-state index in [0.29, 0.717) is 11.6 Å². The zero-order chi connectivity index (χ0) is 12.4. The Balaban J connectivity index is 1.72. The number of benzene rings is 1. The van der Waals surface area contributed by atoms with Crippen molar-refractivity contribution in [2.45, 2.75) is 6.54 Å². The number of halogens is 1. The molecule has 0 saturated heterocycles. The molecule has 5 heteroatoms. The fraction of sp³-hybridized carbons (Fsp3) is 0.154. The van der Waals surface area contributed by atoms with Crippen molar-refractivity contribution in [1.29, 1.82) is 0 Å². The highest BCUT2D eigenvalue weighted by Crippen LogP contribution is 2.34. The second-order valence-corrected chi connectivity index (χ2v) is 4.30. The van der Waals surface area contributed by atoms with Gasteiger partial charge in [0.05, 0.1) is 5.02 Å². The Morgan fingerprint density at radius 2 is 2.11 bits per heavy atom. The molecule has 1 aliphatic rings. The molecule has 0 fully saturated rings. The molecule has 1 N–H and O–H groups in total. The van der Waals surface area contributed by atoms with E-state index in [0.717, 1.165) is 22.7 Å². The molecule has 0 spiro atoms. The first-order chi connectivity index (χ1) is 8.83. The van der Waals surface area contributed by atoms with Gasteiger partial charge in [-0.25, -0.2) is 0 Å². The fourth-order valence-corrected chi connectivity index (χ4v) is 1.94. The van der Waals surface area contributed by atoms with Crippen molar-refractivity contribution in [3.8, 4) is 11.5 Å². The summed E-state index contributed by atoms with van der Waals surface area (Å²) in [6.45, 7) is 0.927. The molecule has 1 aromatic carbocycles. The van der Waals surface area contributed by atoms with Gasteiger partial charge in [0.2, 0.25) is 6.79 Å². The monoisotopic (exact) mass is 262 g/mol. The van der Waals surface area contributed by atoms with Crippen LogP contribution < -0.4 is 14.8 Å². The lowest BCUT2D eigenvalue weighted by Crippen LogP contribution is -2.00. The van der Waals surface area contributed by atoms with E-state index in [4.69, 9.17) is 21.1 Å². The molecule has 0 amide bonds. The van der Waals surface area contributed by atoms with Crippen molar-refractivity contribution >= 4 is 17.3 Å². The predicted molar refractivity (Wildman–Crippen MR) is 69.1 cm³/mol. The number of ether oxygens (including phenoxy) is 2. The van der Waals surface area contributed by atoms with Crippen LogP contribution in [0.3, 0.4) is 0 Å². The minimum absolute atomic E-state index is 0.287. The lowest BCUT2D eigenvalue weighted by atomic mass is 10.2. The zero-order valence-electron chi connectivity index (χ0n) is 9.52. The average Bonchev–Trinajstić information content (AvgIpc) is 2.85. The summed E-state index contributed by atoms with van der Waals surface area (Å²) in [6.07, 6.45) is 3.36. The van der Waals surface area contributed by atoms with E-state index in [1.54, 1.807) is 12.4 Å². The molecule has 1 aromatic heterocycles. The standard InChI is InChI=1S/C13H11ClN2O2/c14-11-7-15-4-3-9(11)6-16-10-1-2-12-13(5-10)18-8-17-12/h1-5,7,16H,6,8H2. The third kappa shape index (κ3) is 2.19. The molecule has 2 heterocycles. The van der Waals surface area contributed by atoms with Crippen molar-refractivity contribution in [3.63, 3.8) is 0 Å². The van der Waals surface area contributed by atoms with Gasteiger partial charge in [-0.2, -0.15) is 0 Å². The van der Waals surface area contributed by atoms with Crippen LogP contribution in [0.25, 0.3) is 0 Å². The van der Waals surface area contributed by atoms with Gasteiger partial charge in [-0.3, -0.25) is 4.98 Å². The van der Waals surface area contributed by atoms with Gasteiger partial charge in [-0.1, -0.05) is 11.6 Å². The smallest absolute Gasteiger partial charge is 0.231 e. The van der Waals surface area contributed by atoms with Crippen LogP contribution in [0.5, 0.6) is 11.5 Å². The molecule has 18 heavy (non-hydrogen) atoms. The van der Waals surface area contributed by atoms with Gasteiger partial charge in [0.15, 0.2) is 11.5 Å². The molecule has 92 valence electrons. The summed E-state index contributed by atoms with van der Waals surface area (Å²) in [7, 11) is 0. The molecule has 0 aliphatic carbocycles. The van der Waals surface area contributed by atoms with Crippen molar-refractivity contribution in [2.75, 3.05) is 12.1 Å². The Labute approximate surface area is 110 Å². The molecule has 1 aliphatic heterocycles. The summed E-state index contributed by atoms with van der Waals surface area (Å²) in [5.41, 5.74) is 1.97. The number of pyridine rings is 1. The third-order valence-corrected chi connectivity index (χ3v) is 3.05. The lowest BCUT2D eigenvalue weighted by molar-refractivity contribution is 0.174. The van der Waals surface area contributed by atoms with E-state index in [1.807, 2.05) is 24.3 Å². The molecule has 0 unspecified atom stereocenters. The van der Waals surface area contributed by atoms with E-state index >= 15 is 0 Å². The molecule has 0 radical (unpaired) electrons. The maximum Gasteiger partial charge on any atom is 0.231 e. The summed E-state index contributed by atoms with van der Waals surface area (Å²) < 4.78 is 10.6. The van der Waals surface area contributed by atoms with Gasteiger partial charge in [-0.05, 0) is 23.8 Å². The molecule has 0 atom stereocenters. The number of nitrogens with one attached hydrogen (secondary N) is 1. The number of rotatable bonds is 3. The Bertz CT molecular complexity index is 575. The number of hydrogen-bond donors (Lipinski definition) is 1. The average molecular weight is 263 g/mol. The van der Waals surface area contributed by atoms with Crippen LogP contribution in [0, 0.1) is 0 Å². The largest absolute Gasteiger partial charge is 0.454 e. The number of fused-ring (bicyclic) bond motifs is 1. The second kappa shape index (κ2) is 4.74. The van der Waals surface area contributed by atoms with Crippen molar-refractivity contribution in [2.24, 2.45) is 0 Å². The van der Waals surface area contributed by atoms with E-state index in [2.05, 4.69) is 10.3 Å². The van der Waals surface area contributed by atoms with Crippen LogP contribution in [-0.2, 0) is 6.54 Å². The molecular formula is C13H11ClN2O2. The van der Waals surface area contributed by atoms with E-state index in [9.17, 15) is 0 Å². The van der Waals surface area contributed by atoms with Crippen LogP contribution in [0.4, 0.5) is 5.69 Å². The number of aromatic nitrogens is 1. The second-order valence-electron chi connectivity index (χ2n) is 3.89. The Hall–Kier alpha value is -1.94. The molecular weight excluding hydrogens is 252 g/mol. The summed E-state index contributed by atoms with van der Waals surface area (Å²) in [5, 5.41) is 3.94. The molecule has 3 rings (SSSR count). The first-order valence-electron chi connectivity index (χ1n) is 5.55. The first kappa shape index (κ1) is 11.2. The van der Waals surface area contributed by atoms with Gasteiger partial charge < -0.3 is 14.8 Å². The maximum absolute atomic E-state index is 6.04. The van der Waals surface area contributed by atoms with Gasteiger partial charge >= 0.3 is 0 Å². The highest BCUT2D eigenvalue weighted by atomic mass is 35.5. The van der Waals surface area contributed by atoms with Crippen molar-refractivity contribution in [3.05, 3.63) is 47.2 Å². The minimum Gasteiger partial charge on any atom is -0.454 e. The summed E-state index contributed by atoms with van der Waals surface area (Å²) in [6, 6.07) is 7.64. The highest BCUT2D eigenvalue weighted by molar-refractivity contribution is 6.31. The van der Waals surface area contributed by atoms with Crippen LogP contribution >= 0.6 is 11.6 Å². The van der Waals surface area contributed by atoms with E-state index < -0.39 is 0 Å². The summed E-state index contributed by atoms with van der Waals surface area (Å²) >= 11 is 6.04. The highest BCUT2D eigenvalue weighted by Gasteiger charge is 2.13. The Morgan fingerprint density at radius 1 is 1.22 bits per heavy atom. The van der Waals surface area contributed by atoms with Crippen molar-refractivity contribution < 1.29 is 9.47 Å². The van der Waals surface area contributed by atoms with E-state index in [-0.39, 0.29) is 6.79 Å². The maximum atomic E-state index is 6.04. The van der Waals surface area contributed by atoms with Crippen LogP contribution in [0.1, 0.15) is 5.56 Å². The zero-order valence-corrected chi connectivity index (χ0v) is 10.3. The minimum atomic E-state index is 0.287. The summed E-state index contributed by atoms with van der Waals surface area (Å²) in [5.74, 6) is 1.54. The van der Waals surface area contributed by atoms with Crippen LogP contribution in [0.15, 0.2) is 36.7 Å². The first-order valence-corrected chi connectivity index (χ1v) is 5.92.